The maximum absolute atomic E-state index is 12.2. The van der Waals surface area contributed by atoms with Crippen molar-refractivity contribution < 1.29 is 14.3 Å². The molecule has 1 unspecified atom stereocenters. The lowest BCUT2D eigenvalue weighted by molar-refractivity contribution is -0.136. The quantitative estimate of drug-likeness (QED) is 0.817. The van der Waals surface area contributed by atoms with Gasteiger partial charge in [0.1, 0.15) is 5.75 Å². The first kappa shape index (κ1) is 18.5. The van der Waals surface area contributed by atoms with Crippen molar-refractivity contribution in [3.8, 4) is 5.75 Å². The summed E-state index contributed by atoms with van der Waals surface area (Å²) >= 11 is 0. The largest absolute Gasteiger partial charge is 0.497 e. The molecule has 2 amide bonds. The van der Waals surface area contributed by atoms with E-state index in [0.29, 0.717) is 5.69 Å². The summed E-state index contributed by atoms with van der Waals surface area (Å²) in [7, 11) is 1.60. The van der Waals surface area contributed by atoms with Gasteiger partial charge in [-0.15, -0.1) is 0 Å². The molecule has 0 saturated heterocycles. The topological polar surface area (TPSA) is 67.4 Å². The molecule has 0 aromatic heterocycles. The minimum atomic E-state index is -0.673. The number of para-hydroxylation sites is 1. The summed E-state index contributed by atoms with van der Waals surface area (Å²) < 4.78 is 5.11. The van der Waals surface area contributed by atoms with Crippen molar-refractivity contribution in [1.29, 1.82) is 0 Å². The zero-order valence-corrected chi connectivity index (χ0v) is 15.0. The molecule has 2 aromatic rings. The molecule has 0 fully saturated rings. The molecule has 0 bridgehead atoms. The Morgan fingerprint density at radius 3 is 2.16 bits per heavy atom. The number of anilines is 1. The number of carbonyl (C=O) groups excluding carboxylic acids is 2. The van der Waals surface area contributed by atoms with Crippen LogP contribution in [0.25, 0.3) is 0 Å². The number of nitrogens with one attached hydrogen (secondary N) is 2. The van der Waals surface area contributed by atoms with Crippen molar-refractivity contribution in [3.63, 3.8) is 0 Å². The summed E-state index contributed by atoms with van der Waals surface area (Å²) in [6.45, 7) is 5.91. The second-order valence-electron chi connectivity index (χ2n) is 6.16. The van der Waals surface area contributed by atoms with E-state index >= 15 is 0 Å². The average molecular weight is 340 g/mol. The number of hydrogen-bond donors (Lipinski definition) is 2. The highest BCUT2D eigenvalue weighted by molar-refractivity contribution is 6.39. The number of ether oxygens (including phenoxy) is 1. The number of carbonyl (C=O) groups is 2. The van der Waals surface area contributed by atoms with Gasteiger partial charge in [-0.3, -0.25) is 9.59 Å². The normalized spacial score (nSPS) is 11.7. The molecule has 0 heterocycles. The predicted octanol–water partition coefficient (Wildman–Crippen LogP) is 3.63. The van der Waals surface area contributed by atoms with Crippen molar-refractivity contribution in [1.82, 2.24) is 5.32 Å². The van der Waals surface area contributed by atoms with Gasteiger partial charge in [-0.05, 0) is 42.2 Å². The molecule has 0 aliphatic carbocycles. The van der Waals surface area contributed by atoms with Crippen LogP contribution in [0.15, 0.2) is 48.5 Å². The lowest BCUT2D eigenvalue weighted by atomic mass is 10.0. The van der Waals surface area contributed by atoms with E-state index in [1.54, 1.807) is 13.2 Å². The smallest absolute Gasteiger partial charge is 0.313 e. The van der Waals surface area contributed by atoms with Gasteiger partial charge in [0.2, 0.25) is 0 Å². The van der Waals surface area contributed by atoms with Gasteiger partial charge in [0, 0.05) is 5.69 Å². The summed E-state index contributed by atoms with van der Waals surface area (Å²) in [5.74, 6) is -0.349. The maximum Gasteiger partial charge on any atom is 0.313 e. The molecule has 5 heteroatoms. The fourth-order valence-electron chi connectivity index (χ4n) is 2.53. The van der Waals surface area contributed by atoms with Gasteiger partial charge in [0.05, 0.1) is 13.2 Å². The van der Waals surface area contributed by atoms with Crippen LogP contribution in [-0.2, 0) is 9.59 Å². The van der Waals surface area contributed by atoms with Crippen LogP contribution in [0, 0.1) is 0 Å². The number of benzene rings is 2. The van der Waals surface area contributed by atoms with Crippen molar-refractivity contribution in [3.05, 3.63) is 59.7 Å². The van der Waals surface area contributed by atoms with Crippen LogP contribution in [0.1, 0.15) is 43.9 Å². The van der Waals surface area contributed by atoms with Crippen molar-refractivity contribution in [2.45, 2.75) is 32.7 Å². The van der Waals surface area contributed by atoms with Gasteiger partial charge >= 0.3 is 11.8 Å². The summed E-state index contributed by atoms with van der Waals surface area (Å²) in [5.41, 5.74) is 2.55. The molecule has 5 nitrogen and oxygen atoms in total. The van der Waals surface area contributed by atoms with E-state index in [1.807, 2.05) is 63.2 Å². The van der Waals surface area contributed by atoms with E-state index in [2.05, 4.69) is 10.6 Å². The molecule has 2 rings (SSSR count). The van der Waals surface area contributed by atoms with Crippen LogP contribution in [0.4, 0.5) is 5.69 Å². The van der Waals surface area contributed by atoms with E-state index in [0.717, 1.165) is 16.9 Å². The standard InChI is InChI=1S/C20H24N2O3/c1-13(2)17-7-5-6-8-18(17)22-20(24)19(23)21-14(3)15-9-11-16(25-4)12-10-15/h5-14H,1-4H3,(H,21,23)(H,22,24). The molecule has 2 aromatic carbocycles. The maximum atomic E-state index is 12.2. The number of hydrogen-bond acceptors (Lipinski definition) is 3. The van der Waals surface area contributed by atoms with Gasteiger partial charge in [-0.1, -0.05) is 44.2 Å². The minimum absolute atomic E-state index is 0.248. The van der Waals surface area contributed by atoms with Crippen LogP contribution in [0.2, 0.25) is 0 Å². The molecule has 0 spiro atoms. The lowest BCUT2D eigenvalue weighted by Gasteiger charge is -2.16. The SMILES string of the molecule is COc1ccc(C(C)NC(=O)C(=O)Nc2ccccc2C(C)C)cc1. The molecule has 132 valence electrons. The summed E-state index contributed by atoms with van der Waals surface area (Å²) in [4.78, 5) is 24.4. The Bertz CT molecular complexity index is 739. The molecular weight excluding hydrogens is 316 g/mol. The summed E-state index contributed by atoms with van der Waals surface area (Å²) in [6.07, 6.45) is 0. The third-order valence-corrected chi connectivity index (χ3v) is 4.00. The Balaban J connectivity index is 2.01. The Kier molecular flexibility index (Phi) is 6.17. The highest BCUT2D eigenvalue weighted by Crippen LogP contribution is 2.23. The van der Waals surface area contributed by atoms with Crippen LogP contribution in [0.3, 0.4) is 0 Å². The third-order valence-electron chi connectivity index (χ3n) is 4.00. The van der Waals surface area contributed by atoms with E-state index in [4.69, 9.17) is 4.74 Å². The van der Waals surface area contributed by atoms with Gasteiger partial charge in [0.15, 0.2) is 0 Å². The van der Waals surface area contributed by atoms with Crippen LogP contribution >= 0.6 is 0 Å². The minimum Gasteiger partial charge on any atom is -0.497 e. The molecule has 0 aliphatic heterocycles. The van der Waals surface area contributed by atoms with Crippen LogP contribution in [0.5, 0.6) is 5.75 Å². The molecular formula is C20H24N2O3. The fraction of sp³-hybridized carbons (Fsp3) is 0.300. The average Bonchev–Trinajstić information content (AvgIpc) is 2.61. The zero-order valence-electron chi connectivity index (χ0n) is 15.0. The molecule has 25 heavy (non-hydrogen) atoms. The van der Waals surface area contributed by atoms with Gasteiger partial charge < -0.3 is 15.4 Å². The van der Waals surface area contributed by atoms with Crippen LogP contribution in [-0.4, -0.2) is 18.9 Å². The Labute approximate surface area is 148 Å². The van der Waals surface area contributed by atoms with E-state index in [9.17, 15) is 9.59 Å². The molecule has 0 radical (unpaired) electrons. The molecule has 2 N–H and O–H groups in total. The van der Waals surface area contributed by atoms with E-state index in [1.165, 1.54) is 0 Å². The predicted molar refractivity (Wildman–Crippen MR) is 98.7 cm³/mol. The first-order valence-corrected chi connectivity index (χ1v) is 8.27. The fourth-order valence-corrected chi connectivity index (χ4v) is 2.53. The Hall–Kier alpha value is -2.82. The van der Waals surface area contributed by atoms with Crippen molar-refractivity contribution in [2.24, 2.45) is 0 Å². The zero-order chi connectivity index (χ0) is 18.4. The highest BCUT2D eigenvalue weighted by Gasteiger charge is 2.18. The first-order chi connectivity index (χ1) is 11.9. The van der Waals surface area contributed by atoms with E-state index < -0.39 is 11.8 Å². The Morgan fingerprint density at radius 1 is 0.920 bits per heavy atom. The summed E-state index contributed by atoms with van der Waals surface area (Å²) in [5, 5.41) is 5.41. The second kappa shape index (κ2) is 8.33. The van der Waals surface area contributed by atoms with Gasteiger partial charge in [-0.2, -0.15) is 0 Å². The summed E-state index contributed by atoms with van der Waals surface area (Å²) in [6, 6.07) is 14.5. The van der Waals surface area contributed by atoms with Crippen molar-refractivity contribution in [2.75, 3.05) is 12.4 Å². The van der Waals surface area contributed by atoms with Crippen LogP contribution < -0.4 is 15.4 Å². The highest BCUT2D eigenvalue weighted by atomic mass is 16.5. The number of rotatable bonds is 5. The molecule has 0 aliphatic rings. The van der Waals surface area contributed by atoms with E-state index in [-0.39, 0.29) is 12.0 Å². The monoisotopic (exact) mass is 340 g/mol. The van der Waals surface area contributed by atoms with Gasteiger partial charge in [0.25, 0.3) is 0 Å². The Morgan fingerprint density at radius 2 is 1.56 bits per heavy atom. The van der Waals surface area contributed by atoms with Crippen molar-refractivity contribution >= 4 is 17.5 Å². The third kappa shape index (κ3) is 4.83. The number of amides is 2. The lowest BCUT2D eigenvalue weighted by Crippen LogP contribution is -2.37. The van der Waals surface area contributed by atoms with Gasteiger partial charge in [-0.25, -0.2) is 0 Å². The number of methoxy groups -OCH3 is 1. The molecule has 1 atom stereocenters. The first-order valence-electron chi connectivity index (χ1n) is 8.27. The second-order valence-corrected chi connectivity index (χ2v) is 6.16. The molecule has 0 saturated carbocycles.